The second kappa shape index (κ2) is 6.48. The monoisotopic (exact) mass is 313 g/mol. The second-order valence-corrected chi connectivity index (χ2v) is 6.05. The van der Waals surface area contributed by atoms with Gasteiger partial charge in [-0.05, 0) is 61.2 Å². The van der Waals surface area contributed by atoms with Crippen molar-refractivity contribution in [1.29, 1.82) is 0 Å². The Hall–Kier alpha value is -2.24. The third kappa shape index (κ3) is 3.75. The highest BCUT2D eigenvalue weighted by Gasteiger charge is 2.30. The number of hydrogen-bond acceptors (Lipinski definition) is 3. The molecule has 1 heterocycles. The fourth-order valence-corrected chi connectivity index (χ4v) is 2.92. The molecule has 120 valence electrons. The number of benzene rings is 2. The molecule has 0 radical (unpaired) electrons. The number of aryl methyl sites for hydroxylation is 2. The van der Waals surface area contributed by atoms with E-state index in [4.69, 9.17) is 0 Å². The van der Waals surface area contributed by atoms with Crippen LogP contribution in [0, 0.1) is 19.7 Å². The van der Waals surface area contributed by atoms with Gasteiger partial charge in [-0.1, -0.05) is 18.2 Å². The van der Waals surface area contributed by atoms with Gasteiger partial charge in [-0.2, -0.15) is 0 Å². The van der Waals surface area contributed by atoms with Crippen LogP contribution in [0.2, 0.25) is 0 Å². The molecular formula is C18H20FN3O. The van der Waals surface area contributed by atoms with E-state index >= 15 is 0 Å². The normalized spacial score (nSPS) is 20.5. The first-order valence-electron chi connectivity index (χ1n) is 7.67. The average Bonchev–Trinajstić information content (AvgIpc) is 2.97. The maximum absolute atomic E-state index is 13.0. The third-order valence-electron chi connectivity index (χ3n) is 3.98. The van der Waals surface area contributed by atoms with Crippen molar-refractivity contribution in [2.45, 2.75) is 32.4 Å². The first-order valence-corrected chi connectivity index (χ1v) is 7.67. The molecule has 1 amide bonds. The Kier molecular flexibility index (Phi) is 4.41. The molecule has 5 heteroatoms. The molecule has 3 rings (SSSR count). The van der Waals surface area contributed by atoms with Crippen LogP contribution in [0.4, 0.5) is 10.1 Å². The van der Waals surface area contributed by atoms with Crippen molar-refractivity contribution < 1.29 is 9.18 Å². The molecule has 0 aliphatic carbocycles. The molecule has 2 unspecified atom stereocenters. The molecule has 2 aromatic rings. The maximum atomic E-state index is 13.0. The number of hydrazine groups is 1. The van der Waals surface area contributed by atoms with Crippen molar-refractivity contribution in [3.63, 3.8) is 0 Å². The minimum Gasteiger partial charge on any atom is -0.325 e. The van der Waals surface area contributed by atoms with Gasteiger partial charge < -0.3 is 5.32 Å². The fraction of sp³-hybridized carbons (Fsp3) is 0.278. The Bertz CT molecular complexity index is 694. The summed E-state index contributed by atoms with van der Waals surface area (Å²) >= 11 is 0. The Labute approximate surface area is 135 Å². The number of anilines is 1. The van der Waals surface area contributed by atoms with E-state index in [2.05, 4.69) is 22.2 Å². The van der Waals surface area contributed by atoms with Crippen LogP contribution < -0.4 is 16.2 Å². The predicted octanol–water partition coefficient (Wildman–Crippen LogP) is 2.99. The van der Waals surface area contributed by atoms with Crippen molar-refractivity contribution >= 4 is 11.6 Å². The minimum atomic E-state index is -0.328. The highest BCUT2D eigenvalue weighted by molar-refractivity contribution is 5.95. The number of rotatable bonds is 3. The zero-order chi connectivity index (χ0) is 16.4. The van der Waals surface area contributed by atoms with Crippen molar-refractivity contribution in [1.82, 2.24) is 10.9 Å². The van der Waals surface area contributed by atoms with Crippen molar-refractivity contribution in [3.05, 3.63) is 65.0 Å². The summed E-state index contributed by atoms with van der Waals surface area (Å²) in [4.78, 5) is 12.4. The first kappa shape index (κ1) is 15.6. The fourth-order valence-electron chi connectivity index (χ4n) is 2.92. The molecule has 1 saturated heterocycles. The summed E-state index contributed by atoms with van der Waals surface area (Å²) in [6.07, 6.45) is 0.613. The molecule has 4 nitrogen and oxygen atoms in total. The molecule has 23 heavy (non-hydrogen) atoms. The van der Waals surface area contributed by atoms with Crippen LogP contribution in [-0.4, -0.2) is 11.9 Å². The first-order chi connectivity index (χ1) is 11.0. The van der Waals surface area contributed by atoms with Crippen LogP contribution in [0.15, 0.2) is 42.5 Å². The summed E-state index contributed by atoms with van der Waals surface area (Å²) < 4.78 is 13.0. The second-order valence-electron chi connectivity index (χ2n) is 6.05. The highest BCUT2D eigenvalue weighted by atomic mass is 19.1. The Balaban J connectivity index is 1.64. The van der Waals surface area contributed by atoms with Gasteiger partial charge in [0, 0.05) is 11.7 Å². The maximum Gasteiger partial charge on any atom is 0.242 e. The summed E-state index contributed by atoms with van der Waals surface area (Å²) in [5, 5.41) is 2.95. The van der Waals surface area contributed by atoms with Crippen LogP contribution in [0.5, 0.6) is 0 Å². The predicted molar refractivity (Wildman–Crippen MR) is 88.4 cm³/mol. The van der Waals surface area contributed by atoms with Gasteiger partial charge in [0.25, 0.3) is 0 Å². The van der Waals surface area contributed by atoms with Crippen LogP contribution in [0.3, 0.4) is 0 Å². The lowest BCUT2D eigenvalue weighted by molar-refractivity contribution is -0.117. The van der Waals surface area contributed by atoms with E-state index in [0.29, 0.717) is 6.42 Å². The number of hydrogen-bond donors (Lipinski definition) is 3. The molecule has 1 aliphatic heterocycles. The van der Waals surface area contributed by atoms with Crippen molar-refractivity contribution in [3.8, 4) is 0 Å². The summed E-state index contributed by atoms with van der Waals surface area (Å²) in [5.41, 5.74) is 10.1. The Morgan fingerprint density at radius 3 is 2.39 bits per heavy atom. The van der Waals surface area contributed by atoms with Crippen LogP contribution in [0.25, 0.3) is 0 Å². The Morgan fingerprint density at radius 1 is 1.09 bits per heavy atom. The van der Waals surface area contributed by atoms with Gasteiger partial charge in [-0.15, -0.1) is 0 Å². The van der Waals surface area contributed by atoms with E-state index in [-0.39, 0.29) is 23.8 Å². The number of nitrogens with one attached hydrogen (secondary N) is 3. The van der Waals surface area contributed by atoms with Gasteiger partial charge in [-0.3, -0.25) is 4.79 Å². The molecule has 2 aromatic carbocycles. The van der Waals surface area contributed by atoms with Crippen LogP contribution in [-0.2, 0) is 4.79 Å². The lowest BCUT2D eigenvalue weighted by atomic mass is 10.0. The quantitative estimate of drug-likeness (QED) is 0.816. The van der Waals surface area contributed by atoms with E-state index < -0.39 is 0 Å². The molecule has 1 fully saturated rings. The largest absolute Gasteiger partial charge is 0.325 e. The molecular weight excluding hydrogens is 293 g/mol. The number of halogens is 1. The number of carbonyl (C=O) groups is 1. The number of carbonyl (C=O) groups excluding carboxylic acids is 1. The van der Waals surface area contributed by atoms with Crippen LogP contribution >= 0.6 is 0 Å². The molecule has 0 aromatic heterocycles. The van der Waals surface area contributed by atoms with E-state index in [1.807, 2.05) is 26.0 Å². The van der Waals surface area contributed by atoms with Crippen molar-refractivity contribution in [2.24, 2.45) is 0 Å². The van der Waals surface area contributed by atoms with E-state index in [1.165, 1.54) is 12.1 Å². The van der Waals surface area contributed by atoms with Gasteiger partial charge in [0.1, 0.15) is 11.9 Å². The molecule has 0 spiro atoms. The topological polar surface area (TPSA) is 53.2 Å². The van der Waals surface area contributed by atoms with E-state index in [0.717, 1.165) is 22.4 Å². The van der Waals surface area contributed by atoms with Gasteiger partial charge >= 0.3 is 0 Å². The number of amides is 1. The lowest BCUT2D eigenvalue weighted by Crippen LogP contribution is -2.39. The van der Waals surface area contributed by atoms with E-state index in [1.54, 1.807) is 12.1 Å². The summed E-state index contributed by atoms with van der Waals surface area (Å²) in [5.74, 6) is -0.337. The SMILES string of the molecule is Cc1cc(C)cc(NC(=O)C2CC(c3ccc(F)cc3)NN2)c1. The average molecular weight is 313 g/mol. The van der Waals surface area contributed by atoms with Crippen molar-refractivity contribution in [2.75, 3.05) is 5.32 Å². The van der Waals surface area contributed by atoms with Gasteiger partial charge in [0.15, 0.2) is 0 Å². The summed E-state index contributed by atoms with van der Waals surface area (Å²) in [7, 11) is 0. The van der Waals surface area contributed by atoms with Gasteiger partial charge in [0.2, 0.25) is 5.91 Å². The summed E-state index contributed by atoms with van der Waals surface area (Å²) in [6.45, 7) is 4.01. The zero-order valence-electron chi connectivity index (χ0n) is 13.2. The Morgan fingerprint density at radius 2 is 1.74 bits per heavy atom. The molecule has 2 atom stereocenters. The van der Waals surface area contributed by atoms with Gasteiger partial charge in [0.05, 0.1) is 0 Å². The highest BCUT2D eigenvalue weighted by Crippen LogP contribution is 2.23. The van der Waals surface area contributed by atoms with Gasteiger partial charge in [-0.25, -0.2) is 15.2 Å². The van der Waals surface area contributed by atoms with Crippen LogP contribution in [0.1, 0.15) is 29.2 Å². The van der Waals surface area contributed by atoms with E-state index in [9.17, 15) is 9.18 Å². The third-order valence-corrected chi connectivity index (χ3v) is 3.98. The zero-order valence-corrected chi connectivity index (χ0v) is 13.2. The smallest absolute Gasteiger partial charge is 0.242 e. The lowest BCUT2D eigenvalue weighted by Gasteiger charge is -2.12. The molecule has 3 N–H and O–H groups in total. The molecule has 0 bridgehead atoms. The molecule has 0 saturated carbocycles. The minimum absolute atomic E-state index is 0.00871. The standard InChI is InChI=1S/C18H20FN3O/c1-11-7-12(2)9-15(8-11)20-18(23)17-10-16(21-22-17)13-3-5-14(19)6-4-13/h3-9,16-17,21-22H,10H2,1-2H3,(H,20,23). The molecule has 1 aliphatic rings. The summed E-state index contributed by atoms with van der Waals surface area (Å²) in [6, 6.07) is 12.0.